The fraction of sp³-hybridized carbons (Fsp3) is 0. The van der Waals surface area contributed by atoms with Crippen molar-refractivity contribution in [2.45, 2.75) is 0 Å². The molecular formula is H7Na3OS2. The smallest absolute Gasteiger partial charge is 0.870 e. The van der Waals surface area contributed by atoms with Crippen LogP contribution in [0, 0.1) is 0 Å². The Morgan fingerprint density at radius 2 is 1.17 bits per heavy atom. The van der Waals surface area contributed by atoms with Crippen LogP contribution in [0.5, 0.6) is 0 Å². The molecule has 0 unspecified atom stereocenters. The first kappa shape index (κ1) is 33.4. The maximum absolute atomic E-state index is 1.44. The first-order chi connectivity index (χ1) is 1.00. The first-order valence-electron chi connectivity index (χ1n) is 1.00. The molecule has 6 heavy (non-hydrogen) atoms. The van der Waals surface area contributed by atoms with Crippen molar-refractivity contribution in [2.24, 2.45) is 0 Å². The topological polar surface area (TPSA) is 30.0 Å². The van der Waals surface area contributed by atoms with Crippen molar-refractivity contribution < 1.29 is 37.9 Å². The summed E-state index contributed by atoms with van der Waals surface area (Å²) in [5.74, 6) is 0. The molecule has 1 nitrogen and oxygen atoms in total. The van der Waals surface area contributed by atoms with Gasteiger partial charge in [-0.1, -0.05) is 0 Å². The van der Waals surface area contributed by atoms with Gasteiger partial charge in [0.05, 0.1) is 0 Å². The van der Waals surface area contributed by atoms with Gasteiger partial charge in [-0.25, -0.2) is 0 Å². The monoisotopic (exact) mass is 156 g/mol. The average Bonchev–Trinajstić information content (AvgIpc) is 1.00. The minimum atomic E-state index is 0. The van der Waals surface area contributed by atoms with E-state index < -0.39 is 0 Å². The van der Waals surface area contributed by atoms with Gasteiger partial charge in [-0.3, -0.25) is 0 Å². The van der Waals surface area contributed by atoms with Gasteiger partial charge < -0.3 is 6.90 Å². The Bertz CT molecular complexity index is 15.2. The van der Waals surface area contributed by atoms with Crippen LogP contribution in [0.3, 0.4) is 0 Å². The minimum absolute atomic E-state index is 0. The summed E-state index contributed by atoms with van der Waals surface area (Å²) in [7, 11) is 0. The summed E-state index contributed by atoms with van der Waals surface area (Å²) in [5, 5.41) is 0. The molecule has 0 bridgehead atoms. The van der Waals surface area contributed by atoms with E-state index in [0.29, 0.717) is 0 Å². The van der Waals surface area contributed by atoms with Crippen LogP contribution in [-0.4, -0.2) is 49.1 Å². The minimum Gasteiger partial charge on any atom is -0.870 e. The molecule has 0 aliphatic rings. The van der Waals surface area contributed by atoms with Crippen molar-refractivity contribution >= 4 is 70.6 Å². The molecule has 0 atom stereocenters. The van der Waals surface area contributed by atoms with Gasteiger partial charge in [0.25, 0.3) is 0 Å². The quantitative estimate of drug-likeness (QED) is 0.335. The zero-order valence-corrected chi connectivity index (χ0v) is 12.4. The zero-order chi connectivity index (χ0) is 2.00. The molecule has 0 rings (SSSR count). The predicted molar refractivity (Wildman–Crippen MR) is 36.4 cm³/mol. The van der Waals surface area contributed by atoms with E-state index in [9.17, 15) is 0 Å². The van der Waals surface area contributed by atoms with Crippen LogP contribution in [0.4, 0.5) is 0 Å². The van der Waals surface area contributed by atoms with Gasteiger partial charge in [-0.2, -0.15) is 27.0 Å². The Labute approximate surface area is 106 Å². The van der Waals surface area contributed by atoms with Crippen LogP contribution in [0.25, 0.3) is 0 Å². The van der Waals surface area contributed by atoms with Gasteiger partial charge in [0, 0.05) is 0 Å². The molecule has 0 heterocycles. The van der Waals surface area contributed by atoms with Gasteiger partial charge in [0.15, 0.2) is 0 Å². The summed E-state index contributed by atoms with van der Waals surface area (Å²) in [6.07, 6.45) is 0. The zero-order valence-electron chi connectivity index (χ0n) is 6.45. The molecule has 6 heteroatoms. The number of hydrogen-bond donors (Lipinski definition) is 0. The Balaban J connectivity index is -0.000000000333. The molecule has 0 aliphatic carbocycles. The van der Waals surface area contributed by atoms with Crippen LogP contribution in [0.15, 0.2) is 0 Å². The maximum Gasteiger partial charge on any atom is -0.870 e. The first-order valence-corrected chi connectivity index (χ1v) is 9.00. The number of rotatable bonds is 0. The van der Waals surface area contributed by atoms with Gasteiger partial charge in [-0.05, 0) is 0 Å². The molecule has 0 spiro atoms. The fourth-order valence-electron chi connectivity index (χ4n) is 0. The van der Waals surface area contributed by atoms with Gasteiger partial charge in [-0.15, -0.1) is 0 Å². The van der Waals surface area contributed by atoms with E-state index in [0.717, 1.165) is 0 Å². The van der Waals surface area contributed by atoms with Crippen LogP contribution in [0.1, 0.15) is 2.85 Å². The molecule has 0 aromatic carbocycles. The van der Waals surface area contributed by atoms with E-state index in [4.69, 9.17) is 0 Å². The van der Waals surface area contributed by atoms with E-state index in [1.165, 1.54) is 43.6 Å². The van der Waals surface area contributed by atoms with Crippen molar-refractivity contribution in [2.75, 3.05) is 0 Å². The van der Waals surface area contributed by atoms with Gasteiger partial charge >= 0.3 is 74.6 Å². The Morgan fingerprint density at radius 1 is 1.17 bits per heavy atom. The van der Waals surface area contributed by atoms with Gasteiger partial charge in [0.1, 0.15) is 0 Å². The fourth-order valence-corrected chi connectivity index (χ4v) is 0. The molecule has 0 aromatic rings. The molecule has 0 saturated heterocycles. The standard InChI is InChI=1S/3Na.H2O.2H2S.H/h;;;3*1H2;/q;;+1;;;;-1. The molecule has 0 saturated carbocycles. The molecule has 0 aliphatic heterocycles. The number of hydrogen-bond acceptors (Lipinski definition) is 1. The molecule has 28 valence electrons. The third-order valence-electron chi connectivity index (χ3n) is 0. The summed E-state index contributed by atoms with van der Waals surface area (Å²) < 4.78 is 0. The van der Waals surface area contributed by atoms with E-state index in [1.807, 2.05) is 0 Å². The van der Waals surface area contributed by atoms with Crippen molar-refractivity contribution in [3.05, 3.63) is 0 Å². The van der Waals surface area contributed by atoms with Crippen LogP contribution >= 0.6 is 27.0 Å². The molecule has 0 radical (unpaired) electrons. The molecular weight excluding hydrogens is 149 g/mol. The summed E-state index contributed by atoms with van der Waals surface area (Å²) in [4.78, 5) is 0. The van der Waals surface area contributed by atoms with E-state index in [2.05, 4.69) is 0 Å². The van der Waals surface area contributed by atoms with E-state index >= 15 is 0 Å². The van der Waals surface area contributed by atoms with Crippen LogP contribution < -0.4 is 29.6 Å². The summed E-state index contributed by atoms with van der Waals surface area (Å²) in [5.41, 5.74) is 0. The summed E-state index contributed by atoms with van der Waals surface area (Å²) >= 11 is 2.89. The third kappa shape index (κ3) is 25.4. The van der Waals surface area contributed by atoms with Crippen LogP contribution in [-0.2, 0) is 0 Å². The summed E-state index contributed by atoms with van der Waals surface area (Å²) in [6.45, 7) is 0. The van der Waals surface area contributed by atoms with Crippen LogP contribution in [0.2, 0.25) is 0 Å². The second-order valence-corrected chi connectivity index (χ2v) is 0. The van der Waals surface area contributed by atoms with E-state index in [1.54, 1.807) is 0 Å². The third-order valence-corrected chi connectivity index (χ3v) is 0. The van der Waals surface area contributed by atoms with Crippen molar-refractivity contribution in [1.82, 2.24) is 0 Å². The SMILES string of the molecule is S.S.[H+].[H-].[Na+].[Na][Na].[OH-]. The van der Waals surface area contributed by atoms with E-state index in [-0.39, 0.29) is 64.9 Å². The molecule has 0 aromatic heterocycles. The normalized spacial score (nSPS) is 1.33. The Hall–Kier alpha value is 3.66. The van der Waals surface area contributed by atoms with Crippen molar-refractivity contribution in [3.8, 4) is 0 Å². The maximum atomic E-state index is 1.44. The second kappa shape index (κ2) is 37.9. The molecule has 1 N–H and O–H groups in total. The largest absolute Gasteiger partial charge is 0.870 e. The Morgan fingerprint density at radius 3 is 1.17 bits per heavy atom. The second-order valence-electron chi connectivity index (χ2n) is 0. The van der Waals surface area contributed by atoms with Crippen molar-refractivity contribution in [1.29, 1.82) is 0 Å². The Kier molecular flexibility index (Phi) is 211. The predicted octanol–water partition coefficient (Wildman–Crippen LogP) is -3.48. The summed E-state index contributed by atoms with van der Waals surface area (Å²) in [6, 6.07) is 0. The average molecular weight is 156 g/mol. The van der Waals surface area contributed by atoms with Crippen molar-refractivity contribution in [3.63, 3.8) is 0 Å². The molecule has 0 fully saturated rings. The molecule has 0 amide bonds. The van der Waals surface area contributed by atoms with Gasteiger partial charge in [0.2, 0.25) is 0 Å².